The topological polar surface area (TPSA) is 107 Å². The first kappa shape index (κ1) is 12.0. The number of nitrogens with two attached hydrogens (primary N) is 2. The van der Waals surface area contributed by atoms with E-state index in [1.54, 1.807) is 42.5 Å². The van der Waals surface area contributed by atoms with Crippen molar-refractivity contribution in [3.05, 3.63) is 58.5 Å². The number of benzene rings is 2. The molecule has 3 rings (SSSR count). The number of fused-ring (bicyclic) bond motifs is 1. The normalized spacial score (nSPS) is 10.8. The van der Waals surface area contributed by atoms with Crippen molar-refractivity contribution in [2.45, 2.75) is 0 Å². The molecule has 0 unspecified atom stereocenters. The third-order valence-electron chi connectivity index (χ3n) is 3.12. The summed E-state index contributed by atoms with van der Waals surface area (Å²) < 4.78 is 1.51. The van der Waals surface area contributed by atoms with Crippen LogP contribution in [0.1, 0.15) is 10.4 Å². The van der Waals surface area contributed by atoms with Gasteiger partial charge in [0.2, 0.25) is 5.91 Å². The number of aromatic nitrogens is 2. The van der Waals surface area contributed by atoms with Gasteiger partial charge in [-0.2, -0.15) is 0 Å². The number of nitrogens with one attached hydrogen (secondary N) is 1. The smallest absolute Gasteiger partial charge is 0.331 e. The number of aromatic amines is 1. The summed E-state index contributed by atoms with van der Waals surface area (Å²) in [5, 5.41) is 0. The Hall–Kier alpha value is -3.02. The molecule has 0 saturated heterocycles. The van der Waals surface area contributed by atoms with Crippen molar-refractivity contribution in [1.29, 1.82) is 0 Å². The van der Waals surface area contributed by atoms with Gasteiger partial charge >= 0.3 is 5.69 Å². The van der Waals surface area contributed by atoms with Crippen molar-refractivity contribution in [2.75, 3.05) is 5.73 Å². The highest BCUT2D eigenvalue weighted by molar-refractivity contribution is 5.93. The second kappa shape index (κ2) is 4.27. The minimum Gasteiger partial charge on any atom is -0.399 e. The predicted octanol–water partition coefficient (Wildman–Crippen LogP) is 1.000. The van der Waals surface area contributed by atoms with E-state index in [1.807, 2.05) is 0 Å². The van der Waals surface area contributed by atoms with E-state index in [2.05, 4.69) is 4.98 Å². The van der Waals surface area contributed by atoms with E-state index in [1.165, 1.54) is 4.57 Å². The van der Waals surface area contributed by atoms with Crippen LogP contribution in [0, 0.1) is 0 Å². The lowest BCUT2D eigenvalue weighted by atomic mass is 10.2. The maximum Gasteiger partial charge on any atom is 0.331 e. The summed E-state index contributed by atoms with van der Waals surface area (Å²) in [7, 11) is 0. The van der Waals surface area contributed by atoms with E-state index in [9.17, 15) is 9.59 Å². The Labute approximate surface area is 113 Å². The molecule has 0 aliphatic carbocycles. The van der Waals surface area contributed by atoms with E-state index in [0.717, 1.165) is 5.52 Å². The molecule has 0 atom stereocenters. The first-order chi connectivity index (χ1) is 9.56. The summed E-state index contributed by atoms with van der Waals surface area (Å²) in [6, 6.07) is 11.7. The largest absolute Gasteiger partial charge is 0.399 e. The molecule has 0 saturated carbocycles. The number of anilines is 1. The van der Waals surface area contributed by atoms with Crippen LogP contribution >= 0.6 is 0 Å². The molecule has 6 heteroatoms. The molecule has 1 heterocycles. The zero-order chi connectivity index (χ0) is 14.3. The Balaban J connectivity index is 2.21. The van der Waals surface area contributed by atoms with Gasteiger partial charge in [-0.25, -0.2) is 4.79 Å². The molecular formula is C14H12N4O2. The van der Waals surface area contributed by atoms with Gasteiger partial charge in [0.25, 0.3) is 0 Å². The van der Waals surface area contributed by atoms with E-state index in [0.29, 0.717) is 22.5 Å². The van der Waals surface area contributed by atoms with Gasteiger partial charge in [-0.05, 0) is 42.5 Å². The van der Waals surface area contributed by atoms with Gasteiger partial charge in [-0.3, -0.25) is 9.36 Å². The number of hydrogen-bond donors (Lipinski definition) is 3. The van der Waals surface area contributed by atoms with Crippen LogP contribution in [-0.4, -0.2) is 15.5 Å². The Morgan fingerprint density at radius 2 is 1.80 bits per heavy atom. The molecule has 1 aromatic heterocycles. The number of rotatable bonds is 2. The number of primary amides is 1. The lowest BCUT2D eigenvalue weighted by molar-refractivity contribution is 0.100. The second-order valence-electron chi connectivity index (χ2n) is 4.45. The standard InChI is InChI=1S/C14H12N4O2/c15-9-3-6-12-11(7-9)17-14(20)18(12)10-4-1-8(2-5-10)13(16)19/h1-7H,15H2,(H2,16,19)(H,17,20). The second-order valence-corrected chi connectivity index (χ2v) is 4.45. The third-order valence-corrected chi connectivity index (χ3v) is 3.12. The molecule has 3 aromatic rings. The van der Waals surface area contributed by atoms with E-state index in [-0.39, 0.29) is 5.69 Å². The van der Waals surface area contributed by atoms with Crippen molar-refractivity contribution in [1.82, 2.24) is 9.55 Å². The summed E-state index contributed by atoms with van der Waals surface area (Å²) in [5.41, 5.74) is 13.6. The summed E-state index contributed by atoms with van der Waals surface area (Å²) in [5.74, 6) is -0.504. The van der Waals surface area contributed by atoms with Crippen LogP contribution in [0.3, 0.4) is 0 Å². The van der Waals surface area contributed by atoms with Crippen molar-refractivity contribution in [3.8, 4) is 5.69 Å². The van der Waals surface area contributed by atoms with Crippen LogP contribution in [0.4, 0.5) is 5.69 Å². The molecule has 20 heavy (non-hydrogen) atoms. The monoisotopic (exact) mass is 268 g/mol. The molecule has 0 bridgehead atoms. The molecule has 2 aromatic carbocycles. The number of amides is 1. The van der Waals surface area contributed by atoms with Crippen LogP contribution < -0.4 is 17.2 Å². The highest BCUT2D eigenvalue weighted by Gasteiger charge is 2.09. The van der Waals surface area contributed by atoms with Crippen LogP contribution in [0.5, 0.6) is 0 Å². The number of H-pyrrole nitrogens is 1. The lowest BCUT2D eigenvalue weighted by Gasteiger charge is -2.04. The highest BCUT2D eigenvalue weighted by atomic mass is 16.1. The number of imidazole rings is 1. The van der Waals surface area contributed by atoms with Gasteiger partial charge in [0.1, 0.15) is 0 Å². The van der Waals surface area contributed by atoms with E-state index < -0.39 is 5.91 Å². The fourth-order valence-electron chi connectivity index (χ4n) is 2.16. The summed E-state index contributed by atoms with van der Waals surface area (Å²) in [4.78, 5) is 25.8. The fourth-order valence-corrected chi connectivity index (χ4v) is 2.16. The number of carbonyl (C=O) groups excluding carboxylic acids is 1. The predicted molar refractivity (Wildman–Crippen MR) is 76.8 cm³/mol. The van der Waals surface area contributed by atoms with Crippen LogP contribution in [-0.2, 0) is 0 Å². The van der Waals surface area contributed by atoms with Gasteiger partial charge in [-0.1, -0.05) is 0 Å². The zero-order valence-corrected chi connectivity index (χ0v) is 10.5. The molecule has 100 valence electrons. The Morgan fingerprint density at radius 1 is 1.10 bits per heavy atom. The average Bonchev–Trinajstić information content (AvgIpc) is 2.73. The Kier molecular flexibility index (Phi) is 2.57. The molecular weight excluding hydrogens is 256 g/mol. The van der Waals surface area contributed by atoms with Crippen molar-refractivity contribution in [2.24, 2.45) is 5.73 Å². The summed E-state index contributed by atoms with van der Waals surface area (Å²) >= 11 is 0. The van der Waals surface area contributed by atoms with E-state index in [4.69, 9.17) is 11.5 Å². The molecule has 6 nitrogen and oxygen atoms in total. The third kappa shape index (κ3) is 1.83. The maximum absolute atomic E-state index is 12.0. The summed E-state index contributed by atoms with van der Waals surface area (Å²) in [6.45, 7) is 0. The fraction of sp³-hybridized carbons (Fsp3) is 0. The maximum atomic E-state index is 12.0. The number of nitrogen functional groups attached to an aromatic ring is 1. The van der Waals surface area contributed by atoms with Crippen molar-refractivity contribution < 1.29 is 4.79 Å². The van der Waals surface area contributed by atoms with Crippen LogP contribution in [0.2, 0.25) is 0 Å². The first-order valence-corrected chi connectivity index (χ1v) is 5.97. The first-order valence-electron chi connectivity index (χ1n) is 5.97. The molecule has 1 amide bonds. The van der Waals surface area contributed by atoms with Gasteiger partial charge in [0.05, 0.1) is 16.7 Å². The average molecular weight is 268 g/mol. The molecule has 0 fully saturated rings. The number of nitrogens with zero attached hydrogens (tertiary/aromatic N) is 1. The lowest BCUT2D eigenvalue weighted by Crippen LogP contribution is -2.15. The molecule has 5 N–H and O–H groups in total. The minimum atomic E-state index is -0.504. The van der Waals surface area contributed by atoms with Crippen LogP contribution in [0.15, 0.2) is 47.3 Å². The van der Waals surface area contributed by atoms with Gasteiger partial charge in [0.15, 0.2) is 0 Å². The van der Waals surface area contributed by atoms with Crippen LogP contribution in [0.25, 0.3) is 16.7 Å². The molecule has 0 spiro atoms. The summed E-state index contributed by atoms with van der Waals surface area (Å²) in [6.07, 6.45) is 0. The molecule has 0 radical (unpaired) electrons. The SMILES string of the molecule is NC(=O)c1ccc(-n2c(=O)[nH]c3cc(N)ccc32)cc1. The molecule has 0 aliphatic heterocycles. The molecule has 0 aliphatic rings. The quantitative estimate of drug-likeness (QED) is 0.603. The van der Waals surface area contributed by atoms with Gasteiger partial charge < -0.3 is 16.5 Å². The van der Waals surface area contributed by atoms with E-state index >= 15 is 0 Å². The van der Waals surface area contributed by atoms with Crippen molar-refractivity contribution >= 4 is 22.6 Å². The van der Waals surface area contributed by atoms with Gasteiger partial charge in [0, 0.05) is 11.3 Å². The Bertz CT molecular complexity index is 859. The highest BCUT2D eigenvalue weighted by Crippen LogP contribution is 2.18. The zero-order valence-electron chi connectivity index (χ0n) is 10.5. The number of hydrogen-bond acceptors (Lipinski definition) is 3. The minimum absolute atomic E-state index is 0.266. The van der Waals surface area contributed by atoms with Crippen molar-refractivity contribution in [3.63, 3.8) is 0 Å². The number of carbonyl (C=O) groups is 1. The Morgan fingerprint density at radius 3 is 2.45 bits per heavy atom. The van der Waals surface area contributed by atoms with Gasteiger partial charge in [-0.15, -0.1) is 0 Å².